The number of amides is 1. The lowest BCUT2D eigenvalue weighted by molar-refractivity contribution is 0.101. The second kappa shape index (κ2) is 6.54. The van der Waals surface area contributed by atoms with Gasteiger partial charge in [0.25, 0.3) is 11.1 Å². The molecule has 0 spiro atoms. The summed E-state index contributed by atoms with van der Waals surface area (Å²) in [6, 6.07) is 8.32. The summed E-state index contributed by atoms with van der Waals surface area (Å²) in [7, 11) is 0. The van der Waals surface area contributed by atoms with Crippen LogP contribution in [0.15, 0.2) is 30.3 Å². The molecule has 0 aliphatic carbocycles. The molecule has 1 heterocycles. The molecular weight excluding hydrogens is 314 g/mol. The number of aromatic nitrogens is 2. The van der Waals surface area contributed by atoms with Crippen molar-refractivity contribution in [2.75, 3.05) is 5.32 Å². The van der Waals surface area contributed by atoms with Gasteiger partial charge in [0.05, 0.1) is 5.69 Å². The lowest BCUT2D eigenvalue weighted by Crippen LogP contribution is -2.17. The van der Waals surface area contributed by atoms with E-state index in [1.165, 1.54) is 0 Å². The van der Waals surface area contributed by atoms with Crippen molar-refractivity contribution < 1.29 is 9.59 Å². The first-order valence-electron chi connectivity index (χ1n) is 7.42. The van der Waals surface area contributed by atoms with Crippen molar-refractivity contribution in [3.8, 4) is 0 Å². The van der Waals surface area contributed by atoms with Gasteiger partial charge in [0.1, 0.15) is 5.69 Å². The smallest absolute Gasteiger partial charge is 0.273 e. The number of nitrogens with zero attached hydrogens (tertiary/aromatic N) is 2. The van der Waals surface area contributed by atoms with E-state index in [1.54, 1.807) is 35.0 Å². The van der Waals surface area contributed by atoms with Crippen LogP contribution in [0.4, 0.5) is 5.69 Å². The molecule has 122 valence electrons. The highest BCUT2D eigenvalue weighted by Crippen LogP contribution is 2.22. The molecule has 1 N–H and O–H groups in total. The molecule has 0 aliphatic heterocycles. The number of carbonyl (C=O) groups excluding carboxylic acids is 2. The number of hydrogen-bond acceptors (Lipinski definition) is 3. The third-order valence-corrected chi connectivity index (χ3v) is 3.65. The zero-order valence-electron chi connectivity index (χ0n) is 13.7. The van der Waals surface area contributed by atoms with Crippen LogP contribution < -0.4 is 5.32 Å². The maximum Gasteiger partial charge on any atom is 0.273 e. The third kappa shape index (κ3) is 3.99. The summed E-state index contributed by atoms with van der Waals surface area (Å²) in [5.41, 5.74) is 2.06. The van der Waals surface area contributed by atoms with E-state index in [0.717, 1.165) is 5.69 Å². The number of nitrogens with one attached hydrogen (secondary N) is 1. The Morgan fingerprint density at radius 3 is 2.52 bits per heavy atom. The predicted octanol–water partition coefficient (Wildman–Crippen LogP) is 3.83. The van der Waals surface area contributed by atoms with Crippen molar-refractivity contribution in [2.45, 2.75) is 39.7 Å². The fourth-order valence-electron chi connectivity index (χ4n) is 2.12. The highest BCUT2D eigenvalue weighted by Gasteiger charge is 2.22. The Kier molecular flexibility index (Phi) is 4.90. The molecule has 5 nitrogen and oxygen atoms in total. The van der Waals surface area contributed by atoms with E-state index >= 15 is 0 Å². The molecule has 0 radical (unpaired) electrons. The summed E-state index contributed by atoms with van der Waals surface area (Å²) in [5.74, 6) is -0.269. The Labute approximate surface area is 140 Å². The van der Waals surface area contributed by atoms with E-state index in [-0.39, 0.29) is 11.3 Å². The van der Waals surface area contributed by atoms with Crippen LogP contribution in [0.3, 0.4) is 0 Å². The molecule has 0 bridgehead atoms. The molecule has 2 aromatic rings. The molecule has 1 aromatic heterocycles. The van der Waals surface area contributed by atoms with E-state index in [4.69, 9.17) is 11.6 Å². The van der Waals surface area contributed by atoms with E-state index < -0.39 is 5.24 Å². The van der Waals surface area contributed by atoms with Crippen LogP contribution in [0.1, 0.15) is 54.2 Å². The highest BCUT2D eigenvalue weighted by atomic mass is 35.5. The van der Waals surface area contributed by atoms with Gasteiger partial charge >= 0.3 is 0 Å². The molecule has 0 saturated heterocycles. The molecule has 1 aromatic carbocycles. The van der Waals surface area contributed by atoms with Crippen LogP contribution >= 0.6 is 11.6 Å². The Bertz CT molecular complexity index is 745. The number of benzene rings is 1. The molecule has 0 fully saturated rings. The highest BCUT2D eigenvalue weighted by molar-refractivity contribution is 6.67. The fourth-order valence-corrected chi connectivity index (χ4v) is 2.24. The molecular formula is C17H20ClN3O2. The van der Waals surface area contributed by atoms with Gasteiger partial charge in [-0.15, -0.1) is 0 Å². The van der Waals surface area contributed by atoms with E-state index in [1.807, 2.05) is 27.7 Å². The Morgan fingerprint density at radius 2 is 1.96 bits per heavy atom. The first-order chi connectivity index (χ1) is 10.7. The summed E-state index contributed by atoms with van der Waals surface area (Å²) in [6.07, 6.45) is 0. The minimum absolute atomic E-state index is 0.138. The monoisotopic (exact) mass is 333 g/mol. The molecule has 0 aliphatic rings. The van der Waals surface area contributed by atoms with Gasteiger partial charge in [0.2, 0.25) is 0 Å². The van der Waals surface area contributed by atoms with Crippen LogP contribution in [-0.2, 0) is 12.0 Å². The molecule has 1 amide bonds. The van der Waals surface area contributed by atoms with Crippen molar-refractivity contribution >= 4 is 28.4 Å². The molecule has 2 rings (SSSR count). The van der Waals surface area contributed by atoms with Gasteiger partial charge in [0, 0.05) is 23.2 Å². The van der Waals surface area contributed by atoms with Gasteiger partial charge in [-0.05, 0) is 42.8 Å². The SMILES string of the molecule is CCn1nc(C(C)(C)C)cc1C(=O)Nc1cccc(C(=O)Cl)c1. The number of aryl methyl sites for hydroxylation is 1. The van der Waals surface area contributed by atoms with Crippen molar-refractivity contribution in [1.82, 2.24) is 9.78 Å². The van der Waals surface area contributed by atoms with Crippen LogP contribution in [0.2, 0.25) is 0 Å². The maximum atomic E-state index is 12.5. The first-order valence-corrected chi connectivity index (χ1v) is 7.79. The Balaban J connectivity index is 2.29. The van der Waals surface area contributed by atoms with E-state index in [0.29, 0.717) is 23.5 Å². The number of anilines is 1. The largest absolute Gasteiger partial charge is 0.321 e. The fraction of sp³-hybridized carbons (Fsp3) is 0.353. The topological polar surface area (TPSA) is 64.0 Å². The standard InChI is InChI=1S/C17H20ClN3O2/c1-5-21-13(10-14(20-21)17(2,3)4)16(23)19-12-8-6-7-11(9-12)15(18)22/h6-10H,5H2,1-4H3,(H,19,23). The molecule has 0 saturated carbocycles. The quantitative estimate of drug-likeness (QED) is 0.865. The lowest BCUT2D eigenvalue weighted by Gasteiger charge is -2.13. The summed E-state index contributed by atoms with van der Waals surface area (Å²) in [6.45, 7) is 8.67. The third-order valence-electron chi connectivity index (χ3n) is 3.43. The Hall–Kier alpha value is -2.14. The van der Waals surface area contributed by atoms with Crippen LogP contribution in [0.25, 0.3) is 0 Å². The zero-order chi connectivity index (χ0) is 17.2. The second-order valence-corrected chi connectivity index (χ2v) is 6.63. The maximum absolute atomic E-state index is 12.5. The molecule has 0 atom stereocenters. The van der Waals surface area contributed by atoms with Crippen molar-refractivity contribution in [3.63, 3.8) is 0 Å². The van der Waals surface area contributed by atoms with Gasteiger partial charge in [-0.3, -0.25) is 14.3 Å². The molecule has 23 heavy (non-hydrogen) atoms. The normalized spacial score (nSPS) is 11.3. The van der Waals surface area contributed by atoms with Crippen molar-refractivity contribution in [1.29, 1.82) is 0 Å². The predicted molar refractivity (Wildman–Crippen MR) is 91.2 cm³/mol. The number of halogens is 1. The number of rotatable bonds is 4. The summed E-state index contributed by atoms with van der Waals surface area (Å²) in [4.78, 5) is 23.7. The van der Waals surface area contributed by atoms with Gasteiger partial charge in [-0.2, -0.15) is 5.10 Å². The van der Waals surface area contributed by atoms with Crippen molar-refractivity contribution in [2.24, 2.45) is 0 Å². The first kappa shape index (κ1) is 17.2. The molecule has 0 unspecified atom stereocenters. The van der Waals surface area contributed by atoms with E-state index in [9.17, 15) is 9.59 Å². The van der Waals surface area contributed by atoms with E-state index in [2.05, 4.69) is 10.4 Å². The van der Waals surface area contributed by atoms with Gasteiger partial charge in [-0.25, -0.2) is 0 Å². The summed E-state index contributed by atoms with van der Waals surface area (Å²) in [5, 5.41) is 6.71. The van der Waals surface area contributed by atoms with Crippen LogP contribution in [0, 0.1) is 0 Å². The zero-order valence-corrected chi connectivity index (χ0v) is 14.4. The van der Waals surface area contributed by atoms with Crippen molar-refractivity contribution in [3.05, 3.63) is 47.3 Å². The summed E-state index contributed by atoms with van der Waals surface area (Å²) < 4.78 is 1.67. The minimum Gasteiger partial charge on any atom is -0.321 e. The minimum atomic E-state index is -0.560. The van der Waals surface area contributed by atoms with Gasteiger partial charge < -0.3 is 5.32 Å². The molecule has 6 heteroatoms. The lowest BCUT2D eigenvalue weighted by atomic mass is 9.92. The summed E-state index contributed by atoms with van der Waals surface area (Å²) >= 11 is 5.46. The Morgan fingerprint density at radius 1 is 1.26 bits per heavy atom. The average molecular weight is 334 g/mol. The van der Waals surface area contributed by atoms with Crippen LogP contribution in [-0.4, -0.2) is 20.9 Å². The van der Waals surface area contributed by atoms with Crippen LogP contribution in [0.5, 0.6) is 0 Å². The average Bonchev–Trinajstić information content (AvgIpc) is 2.92. The number of hydrogen-bond donors (Lipinski definition) is 1. The van der Waals surface area contributed by atoms with Gasteiger partial charge in [-0.1, -0.05) is 26.8 Å². The second-order valence-electron chi connectivity index (χ2n) is 6.29. The number of carbonyl (C=O) groups is 2. The van der Waals surface area contributed by atoms with Gasteiger partial charge in [0.15, 0.2) is 0 Å².